The number of aryl methyl sites for hydroxylation is 1. The molecule has 0 aliphatic carbocycles. The number of benzene rings is 1. The van der Waals surface area contributed by atoms with Crippen LogP contribution in [0.2, 0.25) is 0 Å². The lowest BCUT2D eigenvalue weighted by Gasteiger charge is -2.36. The zero-order valence-electron chi connectivity index (χ0n) is 21.6. The van der Waals surface area contributed by atoms with Crippen LogP contribution in [0.15, 0.2) is 17.3 Å². The summed E-state index contributed by atoms with van der Waals surface area (Å²) in [5, 5.41) is 5.63. The number of carbonyl (C=O) groups excluding carboxylic acids is 3. The molecule has 10 nitrogen and oxygen atoms in total. The smallest absolute Gasteiger partial charge is 0.324 e. The first kappa shape index (κ1) is 23.7. The van der Waals surface area contributed by atoms with Gasteiger partial charge >= 0.3 is 12.1 Å². The second-order valence-corrected chi connectivity index (χ2v) is 10.9. The molecule has 4 aliphatic rings. The third kappa shape index (κ3) is 4.08. The van der Waals surface area contributed by atoms with E-state index >= 15 is 0 Å². The Hall–Kier alpha value is -3.69. The van der Waals surface area contributed by atoms with Crippen molar-refractivity contribution in [2.45, 2.75) is 71.1 Å². The number of amides is 5. The summed E-state index contributed by atoms with van der Waals surface area (Å²) >= 11 is 0. The first-order chi connectivity index (χ1) is 17.8. The molecule has 2 saturated heterocycles. The Kier molecular flexibility index (Phi) is 5.77. The van der Waals surface area contributed by atoms with Gasteiger partial charge in [0.15, 0.2) is 0 Å². The van der Waals surface area contributed by atoms with Crippen molar-refractivity contribution in [2.75, 3.05) is 19.6 Å². The molecule has 2 fully saturated rings. The van der Waals surface area contributed by atoms with E-state index in [1.54, 1.807) is 4.90 Å². The summed E-state index contributed by atoms with van der Waals surface area (Å²) in [7, 11) is 0. The number of hydrogen-bond donors (Lipinski definition) is 2. The number of hydrogen-bond acceptors (Lipinski definition) is 5. The minimum atomic E-state index is -0.329. The van der Waals surface area contributed by atoms with Crippen LogP contribution in [0, 0.1) is 6.92 Å². The average molecular weight is 504 g/mol. The average Bonchev–Trinajstić information content (AvgIpc) is 3.57. The predicted molar refractivity (Wildman–Crippen MR) is 138 cm³/mol. The first-order valence-corrected chi connectivity index (χ1v) is 13.2. The lowest BCUT2D eigenvalue weighted by Crippen LogP contribution is -2.51. The molecule has 2 aromatic rings. The quantitative estimate of drug-likeness (QED) is 0.627. The number of nitrogens with one attached hydrogen (secondary N) is 2. The van der Waals surface area contributed by atoms with Crippen LogP contribution in [0.1, 0.15) is 78.0 Å². The van der Waals surface area contributed by atoms with Crippen LogP contribution in [0.25, 0.3) is 0 Å². The summed E-state index contributed by atoms with van der Waals surface area (Å²) in [5.74, 6) is 0.930. The van der Waals surface area contributed by atoms with E-state index in [9.17, 15) is 14.4 Å². The highest BCUT2D eigenvalue weighted by molar-refractivity contribution is 6.02. The molecule has 37 heavy (non-hydrogen) atoms. The predicted octanol–water partition coefficient (Wildman–Crippen LogP) is 2.62. The van der Waals surface area contributed by atoms with Crippen molar-refractivity contribution in [3.8, 4) is 0 Å². The number of carbonyl (C=O) groups is 3. The van der Waals surface area contributed by atoms with Gasteiger partial charge < -0.3 is 19.7 Å². The Morgan fingerprint density at radius 3 is 2.65 bits per heavy atom. The van der Waals surface area contributed by atoms with Gasteiger partial charge in [-0.3, -0.25) is 15.1 Å². The third-order valence-electron chi connectivity index (χ3n) is 8.25. The van der Waals surface area contributed by atoms with Crippen LogP contribution in [0.5, 0.6) is 0 Å². The maximum atomic E-state index is 13.4. The molecule has 2 N–H and O–H groups in total. The van der Waals surface area contributed by atoms with E-state index in [1.165, 1.54) is 27.8 Å². The molecule has 0 saturated carbocycles. The van der Waals surface area contributed by atoms with Crippen molar-refractivity contribution in [1.82, 2.24) is 30.0 Å². The molecule has 1 atom stereocenters. The van der Waals surface area contributed by atoms with Gasteiger partial charge in [-0.15, -0.1) is 0 Å². The molecule has 194 valence electrons. The van der Waals surface area contributed by atoms with Gasteiger partial charge in [-0.05, 0) is 47.9 Å². The van der Waals surface area contributed by atoms with Crippen LogP contribution in [-0.2, 0) is 24.3 Å². The molecule has 5 heterocycles. The SMILES string of the molecule is Cc1cc2c(c3c1CN=C3)Cn1c(C(C)C)cnc1[C@H](NC(=O)N1CCC(N3CC(=O)NC3=O)CC1)C2. The van der Waals surface area contributed by atoms with E-state index in [2.05, 4.69) is 47.0 Å². The number of imide groups is 1. The molecule has 6 rings (SSSR count). The zero-order chi connectivity index (χ0) is 25.8. The minimum absolute atomic E-state index is 0.0282. The molecule has 4 aliphatic heterocycles. The Labute approximate surface area is 216 Å². The van der Waals surface area contributed by atoms with Gasteiger partial charge in [-0.2, -0.15) is 0 Å². The van der Waals surface area contributed by atoms with Crippen molar-refractivity contribution in [2.24, 2.45) is 4.99 Å². The maximum Gasteiger partial charge on any atom is 0.324 e. The monoisotopic (exact) mass is 503 g/mol. The van der Waals surface area contributed by atoms with Crippen molar-refractivity contribution in [3.05, 3.63) is 51.6 Å². The number of imidazole rings is 1. The Balaban J connectivity index is 1.24. The molecule has 0 unspecified atom stereocenters. The highest BCUT2D eigenvalue weighted by atomic mass is 16.2. The van der Waals surface area contributed by atoms with Crippen molar-refractivity contribution < 1.29 is 14.4 Å². The molecule has 0 bridgehead atoms. The van der Waals surface area contributed by atoms with E-state index < -0.39 is 0 Å². The first-order valence-electron chi connectivity index (χ1n) is 13.2. The Morgan fingerprint density at radius 1 is 1.16 bits per heavy atom. The van der Waals surface area contributed by atoms with E-state index in [4.69, 9.17) is 4.98 Å². The number of rotatable bonds is 3. The lowest BCUT2D eigenvalue weighted by atomic mass is 9.91. The minimum Gasteiger partial charge on any atom is -0.328 e. The Morgan fingerprint density at radius 2 is 1.95 bits per heavy atom. The van der Waals surface area contributed by atoms with E-state index in [0.29, 0.717) is 38.3 Å². The second-order valence-electron chi connectivity index (χ2n) is 10.9. The highest BCUT2D eigenvalue weighted by Crippen LogP contribution is 2.35. The van der Waals surface area contributed by atoms with Gasteiger partial charge in [0.1, 0.15) is 12.4 Å². The fraction of sp³-hybridized carbons (Fsp3) is 0.519. The molecular weight excluding hydrogens is 470 g/mol. The fourth-order valence-corrected chi connectivity index (χ4v) is 6.24. The number of piperidine rings is 1. The summed E-state index contributed by atoms with van der Waals surface area (Å²) < 4.78 is 2.28. The molecule has 1 aromatic heterocycles. The summed E-state index contributed by atoms with van der Waals surface area (Å²) in [6, 6.07) is 1.53. The van der Waals surface area contributed by atoms with Crippen LogP contribution in [-0.4, -0.2) is 69.2 Å². The largest absolute Gasteiger partial charge is 0.328 e. The molecular formula is C27H33N7O3. The standard InChI is InChI=1S/C27H33N7O3/c1-15(2)23-12-29-25-22(9-17-8-16(3)19-10-28-11-20(19)21(17)13-34(23)25)30-26(36)32-6-4-18(5-7-32)33-14-24(35)31-27(33)37/h8,11-12,15,18,22H,4-7,9-10,13-14H2,1-3H3,(H,30,36)(H,31,35,37)/t22-/m1/s1. The van der Waals surface area contributed by atoms with Crippen LogP contribution >= 0.6 is 0 Å². The lowest BCUT2D eigenvalue weighted by molar-refractivity contribution is -0.118. The second kappa shape index (κ2) is 9.00. The molecule has 5 amide bonds. The summed E-state index contributed by atoms with van der Waals surface area (Å²) in [6.45, 7) is 9.10. The van der Waals surface area contributed by atoms with E-state index in [0.717, 1.165) is 24.6 Å². The summed E-state index contributed by atoms with van der Waals surface area (Å²) in [4.78, 5) is 49.8. The Bertz CT molecular complexity index is 1320. The molecule has 0 radical (unpaired) electrons. The van der Waals surface area contributed by atoms with Gasteiger partial charge in [0, 0.05) is 49.2 Å². The molecule has 0 spiro atoms. The number of likely N-dealkylation sites (tertiary alicyclic amines) is 1. The van der Waals surface area contributed by atoms with Crippen molar-refractivity contribution in [3.63, 3.8) is 0 Å². The van der Waals surface area contributed by atoms with Gasteiger partial charge in [0.2, 0.25) is 5.91 Å². The summed E-state index contributed by atoms with van der Waals surface area (Å²) in [6.07, 6.45) is 5.92. The normalized spacial score (nSPS) is 21.1. The van der Waals surface area contributed by atoms with Crippen LogP contribution in [0.4, 0.5) is 9.59 Å². The molecule has 10 heteroatoms. The fourth-order valence-electron chi connectivity index (χ4n) is 6.24. The third-order valence-corrected chi connectivity index (χ3v) is 8.25. The number of fused-ring (bicyclic) bond motifs is 4. The van der Waals surface area contributed by atoms with Crippen LogP contribution < -0.4 is 10.6 Å². The van der Waals surface area contributed by atoms with Crippen molar-refractivity contribution in [1.29, 1.82) is 0 Å². The van der Waals surface area contributed by atoms with Gasteiger partial charge in [-0.1, -0.05) is 19.9 Å². The van der Waals surface area contributed by atoms with E-state index in [1.807, 2.05) is 17.3 Å². The maximum absolute atomic E-state index is 13.4. The number of nitrogens with zero attached hydrogens (tertiary/aromatic N) is 5. The molecule has 1 aromatic carbocycles. The highest BCUT2D eigenvalue weighted by Gasteiger charge is 2.36. The van der Waals surface area contributed by atoms with Crippen molar-refractivity contribution >= 4 is 24.2 Å². The van der Waals surface area contributed by atoms with Gasteiger partial charge in [0.05, 0.1) is 19.1 Å². The zero-order valence-corrected chi connectivity index (χ0v) is 21.6. The number of urea groups is 2. The topological polar surface area (TPSA) is 112 Å². The summed E-state index contributed by atoms with van der Waals surface area (Å²) in [5.41, 5.74) is 7.43. The number of aromatic nitrogens is 2. The van der Waals surface area contributed by atoms with Crippen LogP contribution in [0.3, 0.4) is 0 Å². The van der Waals surface area contributed by atoms with Gasteiger partial charge in [-0.25, -0.2) is 14.6 Å². The van der Waals surface area contributed by atoms with Gasteiger partial charge in [0.25, 0.3) is 0 Å². The number of aliphatic imine (C=N–C) groups is 1. The van der Waals surface area contributed by atoms with E-state index in [-0.39, 0.29) is 36.6 Å².